The molecule has 0 aromatic heterocycles. The van der Waals surface area contributed by atoms with E-state index in [9.17, 15) is 14.7 Å². The summed E-state index contributed by atoms with van der Waals surface area (Å²) in [5, 5.41) is 12.4. The molecule has 8 heteroatoms. The van der Waals surface area contributed by atoms with Crippen LogP contribution in [-0.4, -0.2) is 52.3 Å². The summed E-state index contributed by atoms with van der Waals surface area (Å²) in [4.78, 5) is 23.6. The van der Waals surface area contributed by atoms with Crippen LogP contribution in [-0.2, 0) is 16.0 Å². The van der Waals surface area contributed by atoms with Crippen LogP contribution in [0.3, 0.4) is 0 Å². The third-order valence-electron chi connectivity index (χ3n) is 3.69. The lowest BCUT2D eigenvalue weighted by Crippen LogP contribution is -2.40. The number of benzene rings is 1. The maximum absolute atomic E-state index is 12.0. The van der Waals surface area contributed by atoms with Crippen LogP contribution in [0.4, 0.5) is 4.79 Å². The fourth-order valence-electron chi connectivity index (χ4n) is 2.31. The second-order valence-electron chi connectivity index (χ2n) is 7.42. The number of hydrogen-bond acceptors (Lipinski definition) is 6. The van der Waals surface area contributed by atoms with Crippen LogP contribution in [0.1, 0.15) is 32.8 Å². The van der Waals surface area contributed by atoms with Crippen LogP contribution in [0.5, 0.6) is 0 Å². The average molecular weight is 446 g/mol. The van der Waals surface area contributed by atoms with Crippen LogP contribution >= 0.6 is 33.3 Å². The molecule has 0 saturated carbocycles. The molecule has 2 unspecified atom stereocenters. The van der Waals surface area contributed by atoms with Gasteiger partial charge in [0.2, 0.25) is 0 Å². The molecule has 5 nitrogen and oxygen atoms in total. The van der Waals surface area contributed by atoms with Crippen molar-refractivity contribution in [3.63, 3.8) is 0 Å². The Labute approximate surface area is 180 Å². The molecule has 0 saturated heterocycles. The van der Waals surface area contributed by atoms with Gasteiger partial charge in [0.1, 0.15) is 5.60 Å². The Morgan fingerprint density at radius 3 is 2.36 bits per heavy atom. The quantitative estimate of drug-likeness (QED) is 0.348. The Hall–Kier alpha value is -0.990. The number of ether oxygens (including phenoxy) is 1. The number of thioether (sulfide) groups is 1. The Bertz CT molecular complexity index is 593. The molecular formula is C20H31NO4S3. The molecule has 28 heavy (non-hydrogen) atoms. The maximum Gasteiger partial charge on any atom is 0.407 e. The summed E-state index contributed by atoms with van der Waals surface area (Å²) in [5.74, 6) is 0.974. The number of nitrogens with one attached hydrogen (secondary N) is 1. The summed E-state index contributed by atoms with van der Waals surface area (Å²) >= 11 is 1.73. The van der Waals surface area contributed by atoms with Crippen molar-refractivity contribution >= 4 is 45.4 Å². The highest BCUT2D eigenvalue weighted by atomic mass is 33.1. The lowest BCUT2D eigenvalue weighted by Gasteiger charge is -2.23. The van der Waals surface area contributed by atoms with Crippen molar-refractivity contribution in [2.75, 3.05) is 23.5 Å². The second-order valence-corrected chi connectivity index (χ2v) is 11.0. The molecule has 1 rings (SSSR count). The second kappa shape index (κ2) is 13.3. The molecule has 0 spiro atoms. The first kappa shape index (κ1) is 25.0. The lowest BCUT2D eigenvalue weighted by molar-refractivity contribution is -0.140. The van der Waals surface area contributed by atoms with Gasteiger partial charge in [0.25, 0.3) is 0 Å². The zero-order valence-electron chi connectivity index (χ0n) is 17.0. The highest BCUT2D eigenvalue weighted by Gasteiger charge is 2.21. The molecule has 1 amide bonds. The number of hydrogen-bond donors (Lipinski definition) is 2. The minimum absolute atomic E-state index is 0.00259. The highest BCUT2D eigenvalue weighted by Crippen LogP contribution is 2.27. The first-order chi connectivity index (χ1) is 13.2. The predicted octanol–water partition coefficient (Wildman–Crippen LogP) is 4.96. The summed E-state index contributed by atoms with van der Waals surface area (Å²) in [6, 6.07) is 9.69. The molecular weight excluding hydrogens is 414 g/mol. The topological polar surface area (TPSA) is 75.6 Å². The van der Waals surface area contributed by atoms with Crippen LogP contribution in [0.15, 0.2) is 30.3 Å². The Morgan fingerprint density at radius 1 is 1.14 bits per heavy atom. The molecule has 0 fully saturated rings. The van der Waals surface area contributed by atoms with Crippen molar-refractivity contribution in [2.24, 2.45) is 5.92 Å². The van der Waals surface area contributed by atoms with Crippen LogP contribution in [0.25, 0.3) is 0 Å². The largest absolute Gasteiger partial charge is 0.481 e. The van der Waals surface area contributed by atoms with E-state index in [0.717, 1.165) is 17.7 Å². The Morgan fingerprint density at radius 2 is 1.79 bits per heavy atom. The summed E-state index contributed by atoms with van der Waals surface area (Å²) in [5.41, 5.74) is 0.507. The molecule has 0 bridgehead atoms. The third kappa shape index (κ3) is 11.8. The van der Waals surface area contributed by atoms with Gasteiger partial charge >= 0.3 is 12.1 Å². The fourth-order valence-corrected chi connectivity index (χ4v) is 5.42. The summed E-state index contributed by atoms with van der Waals surface area (Å²) < 4.78 is 5.34. The minimum Gasteiger partial charge on any atom is -0.481 e. The van der Waals surface area contributed by atoms with Crippen molar-refractivity contribution in [3.05, 3.63) is 35.9 Å². The molecule has 1 aromatic carbocycles. The SMILES string of the molecule is CSCCC(CSSCC(Cc1ccccc1)C(=O)O)NC(=O)OC(C)(C)C. The molecule has 0 aliphatic heterocycles. The van der Waals surface area contributed by atoms with E-state index < -0.39 is 23.6 Å². The number of amides is 1. The number of carbonyl (C=O) groups is 2. The molecule has 158 valence electrons. The van der Waals surface area contributed by atoms with Gasteiger partial charge in [0, 0.05) is 17.5 Å². The van der Waals surface area contributed by atoms with Gasteiger partial charge in [-0.05, 0) is 51.2 Å². The van der Waals surface area contributed by atoms with Crippen molar-refractivity contribution in [2.45, 2.75) is 45.3 Å². The Balaban J connectivity index is 2.45. The number of carbonyl (C=O) groups excluding carboxylic acids is 1. The van der Waals surface area contributed by atoms with Crippen LogP contribution < -0.4 is 5.32 Å². The molecule has 1 aromatic rings. The van der Waals surface area contributed by atoms with E-state index in [1.165, 1.54) is 0 Å². The number of aliphatic carboxylic acids is 1. The zero-order chi connectivity index (χ0) is 21.0. The van der Waals surface area contributed by atoms with E-state index in [1.807, 2.05) is 57.4 Å². The summed E-state index contributed by atoms with van der Waals surface area (Å²) in [6.07, 6.45) is 3.00. The van der Waals surface area contributed by atoms with E-state index >= 15 is 0 Å². The van der Waals surface area contributed by atoms with E-state index in [2.05, 4.69) is 5.32 Å². The van der Waals surface area contributed by atoms with E-state index in [1.54, 1.807) is 33.3 Å². The van der Waals surface area contributed by atoms with Crippen LogP contribution in [0.2, 0.25) is 0 Å². The Kier molecular flexibility index (Phi) is 11.9. The smallest absolute Gasteiger partial charge is 0.407 e. The number of rotatable bonds is 12. The van der Waals surface area contributed by atoms with E-state index in [-0.39, 0.29) is 6.04 Å². The van der Waals surface area contributed by atoms with Gasteiger partial charge in [-0.15, -0.1) is 0 Å². The number of alkyl carbamates (subject to hydrolysis) is 1. The zero-order valence-corrected chi connectivity index (χ0v) is 19.4. The molecule has 0 aliphatic rings. The predicted molar refractivity (Wildman–Crippen MR) is 122 cm³/mol. The standard InChI is InChI=1S/C20H31NO4S3/c1-20(2,3)25-19(24)21-17(10-11-26-4)14-28-27-13-16(18(22)23)12-15-8-6-5-7-9-15/h5-9,16-17H,10-14H2,1-4H3,(H,21,24)(H,22,23). The van der Waals surface area contributed by atoms with Crippen LogP contribution in [0, 0.1) is 5.92 Å². The average Bonchev–Trinajstić information content (AvgIpc) is 2.61. The van der Waals surface area contributed by atoms with Gasteiger partial charge in [-0.1, -0.05) is 51.9 Å². The van der Waals surface area contributed by atoms with Gasteiger partial charge in [0.05, 0.1) is 5.92 Å². The van der Waals surface area contributed by atoms with Crippen molar-refractivity contribution in [1.82, 2.24) is 5.32 Å². The first-order valence-corrected chi connectivity index (χ1v) is 13.1. The third-order valence-corrected chi connectivity index (χ3v) is 6.89. The first-order valence-electron chi connectivity index (χ1n) is 9.21. The molecule has 2 atom stereocenters. The van der Waals surface area contributed by atoms with Crippen molar-refractivity contribution < 1.29 is 19.4 Å². The summed E-state index contributed by atoms with van der Waals surface area (Å²) in [6.45, 7) is 5.52. The van der Waals surface area contributed by atoms with Crippen molar-refractivity contribution in [3.8, 4) is 0 Å². The maximum atomic E-state index is 12.0. The minimum atomic E-state index is -0.775. The van der Waals surface area contributed by atoms with Gasteiger partial charge in [-0.2, -0.15) is 11.8 Å². The molecule has 0 radical (unpaired) electrons. The van der Waals surface area contributed by atoms with Gasteiger partial charge in [-0.3, -0.25) is 4.79 Å². The normalized spacial score (nSPS) is 13.6. The van der Waals surface area contributed by atoms with E-state index in [4.69, 9.17) is 4.74 Å². The number of carboxylic acid groups (broad SMARTS) is 1. The fraction of sp³-hybridized carbons (Fsp3) is 0.600. The van der Waals surface area contributed by atoms with Gasteiger partial charge < -0.3 is 15.2 Å². The van der Waals surface area contributed by atoms with Gasteiger partial charge in [0.15, 0.2) is 0 Å². The number of carboxylic acids is 1. The molecule has 0 heterocycles. The summed E-state index contributed by atoms with van der Waals surface area (Å²) in [7, 11) is 3.15. The molecule has 2 N–H and O–H groups in total. The lowest BCUT2D eigenvalue weighted by atomic mass is 10.0. The molecule has 0 aliphatic carbocycles. The highest BCUT2D eigenvalue weighted by molar-refractivity contribution is 8.76. The van der Waals surface area contributed by atoms with Gasteiger partial charge in [-0.25, -0.2) is 4.79 Å². The monoisotopic (exact) mass is 445 g/mol. The van der Waals surface area contributed by atoms with E-state index in [0.29, 0.717) is 17.9 Å². The van der Waals surface area contributed by atoms with Crippen molar-refractivity contribution in [1.29, 1.82) is 0 Å².